The van der Waals surface area contributed by atoms with Gasteiger partial charge in [-0.25, -0.2) is 4.98 Å². The lowest BCUT2D eigenvalue weighted by Crippen LogP contribution is -2.27. The largest absolute Gasteiger partial charge is 0.394 e. The molecule has 1 atom stereocenters. The number of anilines is 1. The third-order valence-corrected chi connectivity index (χ3v) is 3.50. The maximum atomic E-state index is 9.51. The van der Waals surface area contributed by atoms with Crippen LogP contribution in [0.5, 0.6) is 0 Å². The van der Waals surface area contributed by atoms with Crippen molar-refractivity contribution in [1.29, 1.82) is 0 Å². The third kappa shape index (κ3) is 3.70. The fourth-order valence-electron chi connectivity index (χ4n) is 2.00. The van der Waals surface area contributed by atoms with E-state index in [2.05, 4.69) is 10.3 Å². The van der Waals surface area contributed by atoms with Crippen molar-refractivity contribution in [3.63, 3.8) is 0 Å². The molecule has 4 N–H and O–H groups in total. The lowest BCUT2D eigenvalue weighted by atomic mass is 10.1. The lowest BCUT2D eigenvalue weighted by Gasteiger charge is -2.18. The number of rotatable bonds is 6. The molecule has 2 aromatic rings. The predicted octanol–water partition coefficient (Wildman–Crippen LogP) is 2.21. The number of halogens is 1. The van der Waals surface area contributed by atoms with Crippen LogP contribution >= 0.6 is 11.6 Å². The van der Waals surface area contributed by atoms with Crippen molar-refractivity contribution in [3.05, 3.63) is 58.7 Å². The second-order valence-corrected chi connectivity index (χ2v) is 4.93. The highest BCUT2D eigenvalue weighted by molar-refractivity contribution is 6.33. The molecule has 0 spiro atoms. The molecule has 1 heterocycles. The number of aliphatic hydroxyl groups is 1. The quantitative estimate of drug-likeness (QED) is 0.763. The molecule has 0 fully saturated rings. The van der Waals surface area contributed by atoms with Crippen LogP contribution in [-0.2, 0) is 13.0 Å². The van der Waals surface area contributed by atoms with E-state index in [4.69, 9.17) is 17.3 Å². The first-order valence-corrected chi connectivity index (χ1v) is 6.87. The van der Waals surface area contributed by atoms with Crippen LogP contribution in [0, 0.1) is 0 Å². The topological polar surface area (TPSA) is 71.2 Å². The van der Waals surface area contributed by atoms with E-state index in [0.717, 1.165) is 11.1 Å². The van der Waals surface area contributed by atoms with Gasteiger partial charge in [-0.2, -0.15) is 0 Å². The van der Waals surface area contributed by atoms with E-state index in [0.29, 0.717) is 23.8 Å². The van der Waals surface area contributed by atoms with Crippen LogP contribution in [0.1, 0.15) is 11.1 Å². The highest BCUT2D eigenvalue weighted by Crippen LogP contribution is 2.24. The van der Waals surface area contributed by atoms with Crippen LogP contribution in [0.4, 0.5) is 5.82 Å². The maximum absolute atomic E-state index is 9.51. The van der Waals surface area contributed by atoms with Gasteiger partial charge in [0, 0.05) is 12.7 Å². The Morgan fingerprint density at radius 3 is 2.65 bits per heavy atom. The van der Waals surface area contributed by atoms with E-state index in [1.807, 2.05) is 30.3 Å². The Kier molecular flexibility index (Phi) is 5.35. The van der Waals surface area contributed by atoms with Gasteiger partial charge in [0.05, 0.1) is 17.7 Å². The Bertz CT molecular complexity index is 548. The molecule has 2 rings (SSSR count). The molecule has 4 nitrogen and oxygen atoms in total. The molecule has 5 heteroatoms. The Balaban J connectivity index is 2.10. The Hall–Kier alpha value is -1.62. The fourth-order valence-corrected chi connectivity index (χ4v) is 2.24. The molecule has 0 aliphatic carbocycles. The van der Waals surface area contributed by atoms with E-state index < -0.39 is 0 Å². The molecule has 1 aromatic heterocycles. The number of pyridine rings is 1. The summed E-state index contributed by atoms with van der Waals surface area (Å²) in [5.74, 6) is 0.560. The Morgan fingerprint density at radius 1 is 1.25 bits per heavy atom. The summed E-state index contributed by atoms with van der Waals surface area (Å²) in [7, 11) is 0. The normalized spacial score (nSPS) is 12.2. The Labute approximate surface area is 123 Å². The molecular formula is C15H18ClN3O. The van der Waals surface area contributed by atoms with E-state index in [-0.39, 0.29) is 12.6 Å². The summed E-state index contributed by atoms with van der Waals surface area (Å²) in [5, 5.41) is 13.2. The van der Waals surface area contributed by atoms with Gasteiger partial charge in [-0.15, -0.1) is 0 Å². The number of aromatic nitrogens is 1. The molecule has 106 valence electrons. The minimum Gasteiger partial charge on any atom is -0.394 e. The summed E-state index contributed by atoms with van der Waals surface area (Å²) >= 11 is 6.23. The van der Waals surface area contributed by atoms with Gasteiger partial charge in [0.25, 0.3) is 0 Å². The van der Waals surface area contributed by atoms with Crippen molar-refractivity contribution in [3.8, 4) is 0 Å². The first kappa shape index (κ1) is 14.8. The number of benzene rings is 1. The van der Waals surface area contributed by atoms with E-state index in [9.17, 15) is 5.11 Å². The van der Waals surface area contributed by atoms with Gasteiger partial charge in [0.15, 0.2) is 0 Å². The molecule has 0 amide bonds. The molecule has 0 aliphatic heterocycles. The smallest absolute Gasteiger partial charge is 0.145 e. The van der Waals surface area contributed by atoms with Crippen LogP contribution in [0.15, 0.2) is 42.6 Å². The molecule has 0 bridgehead atoms. The number of nitrogens with zero attached hydrogens (tertiary/aromatic N) is 1. The van der Waals surface area contributed by atoms with Crippen LogP contribution in [0.3, 0.4) is 0 Å². The summed E-state index contributed by atoms with van der Waals surface area (Å²) < 4.78 is 0. The summed E-state index contributed by atoms with van der Waals surface area (Å²) in [6.45, 7) is 0.359. The highest BCUT2D eigenvalue weighted by Gasteiger charge is 2.13. The minimum atomic E-state index is -0.143. The third-order valence-electron chi connectivity index (χ3n) is 3.08. The van der Waals surface area contributed by atoms with Gasteiger partial charge in [-0.3, -0.25) is 0 Å². The van der Waals surface area contributed by atoms with Gasteiger partial charge in [0.1, 0.15) is 5.82 Å². The number of hydrogen-bond acceptors (Lipinski definition) is 4. The molecule has 0 aliphatic rings. The second-order valence-electron chi connectivity index (χ2n) is 4.55. The first-order chi connectivity index (χ1) is 9.74. The zero-order valence-electron chi connectivity index (χ0n) is 11.1. The van der Waals surface area contributed by atoms with E-state index >= 15 is 0 Å². The van der Waals surface area contributed by atoms with Gasteiger partial charge in [-0.1, -0.05) is 41.9 Å². The SMILES string of the molecule is NCc1ccnc(NC(CO)Cc2ccccc2)c1Cl. The number of nitrogens with two attached hydrogens (primary N) is 1. The first-order valence-electron chi connectivity index (χ1n) is 6.49. The van der Waals surface area contributed by atoms with Gasteiger partial charge >= 0.3 is 0 Å². The second kappa shape index (κ2) is 7.24. The minimum absolute atomic E-state index is 0.000242. The number of nitrogens with one attached hydrogen (secondary N) is 1. The average molecular weight is 292 g/mol. The molecule has 1 aromatic carbocycles. The summed E-state index contributed by atoms with van der Waals surface area (Å²) in [5.41, 5.74) is 7.59. The standard InChI is InChI=1S/C15H18ClN3O/c16-14-12(9-17)6-7-18-15(14)19-13(10-20)8-11-4-2-1-3-5-11/h1-7,13,20H,8-10,17H2,(H,18,19). The summed E-state index contributed by atoms with van der Waals surface area (Å²) in [4.78, 5) is 4.21. The van der Waals surface area contributed by atoms with Crippen molar-refractivity contribution in [2.45, 2.75) is 19.0 Å². The molecule has 20 heavy (non-hydrogen) atoms. The number of aliphatic hydroxyl groups excluding tert-OH is 1. The van der Waals surface area contributed by atoms with Gasteiger partial charge in [0.2, 0.25) is 0 Å². The van der Waals surface area contributed by atoms with Crippen molar-refractivity contribution in [2.75, 3.05) is 11.9 Å². The summed E-state index contributed by atoms with van der Waals surface area (Å²) in [6, 6.07) is 11.6. The monoisotopic (exact) mass is 291 g/mol. The van der Waals surface area contributed by atoms with E-state index in [1.54, 1.807) is 12.3 Å². The molecule has 0 radical (unpaired) electrons. The molecular weight excluding hydrogens is 274 g/mol. The zero-order valence-corrected chi connectivity index (χ0v) is 11.8. The molecule has 1 unspecified atom stereocenters. The van der Waals surface area contributed by atoms with Gasteiger partial charge < -0.3 is 16.2 Å². The van der Waals surface area contributed by atoms with Crippen LogP contribution in [0.2, 0.25) is 5.02 Å². The lowest BCUT2D eigenvalue weighted by molar-refractivity contribution is 0.273. The fraction of sp³-hybridized carbons (Fsp3) is 0.267. The predicted molar refractivity (Wildman–Crippen MR) is 81.8 cm³/mol. The van der Waals surface area contributed by atoms with Crippen molar-refractivity contribution in [1.82, 2.24) is 4.98 Å². The van der Waals surface area contributed by atoms with Gasteiger partial charge in [-0.05, 0) is 23.6 Å². The van der Waals surface area contributed by atoms with Crippen molar-refractivity contribution in [2.24, 2.45) is 5.73 Å². The average Bonchev–Trinajstić information content (AvgIpc) is 2.49. The molecule has 0 saturated carbocycles. The number of hydrogen-bond donors (Lipinski definition) is 3. The zero-order chi connectivity index (χ0) is 14.4. The van der Waals surface area contributed by atoms with Crippen molar-refractivity contribution < 1.29 is 5.11 Å². The summed E-state index contributed by atoms with van der Waals surface area (Å²) in [6.07, 6.45) is 2.36. The Morgan fingerprint density at radius 2 is 2.00 bits per heavy atom. The van der Waals surface area contributed by atoms with Crippen LogP contribution < -0.4 is 11.1 Å². The highest BCUT2D eigenvalue weighted by atomic mass is 35.5. The van der Waals surface area contributed by atoms with Crippen LogP contribution in [-0.4, -0.2) is 22.7 Å². The maximum Gasteiger partial charge on any atom is 0.145 e. The van der Waals surface area contributed by atoms with E-state index in [1.165, 1.54) is 0 Å². The van der Waals surface area contributed by atoms with Crippen molar-refractivity contribution >= 4 is 17.4 Å². The van der Waals surface area contributed by atoms with Crippen LogP contribution in [0.25, 0.3) is 0 Å². The molecule has 0 saturated heterocycles.